The van der Waals surface area contributed by atoms with Crippen LogP contribution in [0.25, 0.3) is 10.9 Å². The highest BCUT2D eigenvalue weighted by molar-refractivity contribution is 5.87. The number of halogens is 3. The molecule has 0 bridgehead atoms. The van der Waals surface area contributed by atoms with Crippen LogP contribution in [0.4, 0.5) is 13.2 Å². The molecule has 1 aliphatic rings. The lowest BCUT2D eigenvalue weighted by Crippen LogP contribution is -2.32. The summed E-state index contributed by atoms with van der Waals surface area (Å²) in [7, 11) is 1.61. The van der Waals surface area contributed by atoms with Gasteiger partial charge in [-0.15, -0.1) is 0 Å². The number of aromatic amines is 1. The Hall–Kier alpha value is -2.96. The van der Waals surface area contributed by atoms with E-state index in [4.69, 9.17) is 4.74 Å². The molecule has 1 aliphatic carbocycles. The molecule has 0 saturated heterocycles. The van der Waals surface area contributed by atoms with Crippen molar-refractivity contribution in [2.45, 2.75) is 31.7 Å². The van der Waals surface area contributed by atoms with Crippen molar-refractivity contribution in [1.29, 1.82) is 0 Å². The van der Waals surface area contributed by atoms with Gasteiger partial charge in [-0.2, -0.15) is 0 Å². The van der Waals surface area contributed by atoms with Gasteiger partial charge >= 0.3 is 0 Å². The maximum Gasteiger partial charge on any atom is 0.225 e. The summed E-state index contributed by atoms with van der Waals surface area (Å²) in [5.41, 5.74) is 2.84. The van der Waals surface area contributed by atoms with Crippen molar-refractivity contribution < 1.29 is 22.7 Å². The molecular weight excluding hydrogens is 369 g/mol. The highest BCUT2D eigenvalue weighted by Crippen LogP contribution is 2.36. The van der Waals surface area contributed by atoms with Crippen LogP contribution in [0.2, 0.25) is 0 Å². The number of hydrogen-bond acceptors (Lipinski definition) is 2. The van der Waals surface area contributed by atoms with Crippen LogP contribution in [0.1, 0.15) is 35.7 Å². The first-order valence-corrected chi connectivity index (χ1v) is 9.07. The van der Waals surface area contributed by atoms with Gasteiger partial charge in [0.05, 0.1) is 19.6 Å². The minimum Gasteiger partial charge on any atom is -0.497 e. The number of hydrogen-bond donors (Lipinski definition) is 2. The lowest BCUT2D eigenvalue weighted by molar-refractivity contribution is -0.121. The standard InChI is InChI=1S/C21H19F3N2O2/c1-28-12-5-6-18-14(9-12)13-3-2-4-19(21(13)26-18)25-20(27)8-11-7-16(23)17(24)10-15(11)22/h5-7,9-10,19,26H,2-4,8H2,1H3,(H,25,27)/t19-/m0/s1. The van der Waals surface area contributed by atoms with E-state index in [1.165, 1.54) is 0 Å². The number of nitrogens with one attached hydrogen (secondary N) is 2. The Morgan fingerprint density at radius 1 is 1.18 bits per heavy atom. The number of ether oxygens (including phenoxy) is 1. The van der Waals surface area contributed by atoms with Crippen LogP contribution in [-0.2, 0) is 17.6 Å². The minimum atomic E-state index is -1.27. The van der Waals surface area contributed by atoms with Gasteiger partial charge in [-0.3, -0.25) is 4.79 Å². The predicted octanol–water partition coefficient (Wildman–Crippen LogP) is 4.33. The molecule has 1 amide bonds. The molecule has 146 valence electrons. The summed E-state index contributed by atoms with van der Waals surface area (Å²) in [6.45, 7) is 0. The quantitative estimate of drug-likeness (QED) is 0.654. The first-order valence-electron chi connectivity index (χ1n) is 9.07. The zero-order valence-electron chi connectivity index (χ0n) is 15.2. The number of amides is 1. The van der Waals surface area contributed by atoms with Crippen molar-refractivity contribution in [3.8, 4) is 5.75 Å². The minimum absolute atomic E-state index is 0.172. The van der Waals surface area contributed by atoms with Gasteiger partial charge in [0.1, 0.15) is 11.6 Å². The smallest absolute Gasteiger partial charge is 0.225 e. The molecule has 0 spiro atoms. The number of methoxy groups -OCH3 is 1. The van der Waals surface area contributed by atoms with Gasteiger partial charge in [0, 0.05) is 28.2 Å². The Morgan fingerprint density at radius 2 is 1.96 bits per heavy atom. The number of fused-ring (bicyclic) bond motifs is 3. The summed E-state index contributed by atoms with van der Waals surface area (Å²) in [6, 6.07) is 6.70. The number of H-pyrrole nitrogens is 1. The molecule has 1 heterocycles. The summed E-state index contributed by atoms with van der Waals surface area (Å²) >= 11 is 0. The van der Waals surface area contributed by atoms with Crippen LogP contribution in [0.3, 0.4) is 0 Å². The van der Waals surface area contributed by atoms with E-state index in [-0.39, 0.29) is 18.0 Å². The maximum atomic E-state index is 13.8. The van der Waals surface area contributed by atoms with Crippen molar-refractivity contribution in [2.24, 2.45) is 0 Å². The molecule has 28 heavy (non-hydrogen) atoms. The van der Waals surface area contributed by atoms with Crippen LogP contribution in [0.5, 0.6) is 5.75 Å². The second-order valence-corrected chi connectivity index (χ2v) is 6.98. The van der Waals surface area contributed by atoms with E-state index in [1.54, 1.807) is 7.11 Å². The highest BCUT2D eigenvalue weighted by atomic mass is 19.2. The van der Waals surface area contributed by atoms with Gasteiger partial charge in [0.25, 0.3) is 0 Å². The molecule has 0 unspecified atom stereocenters. The van der Waals surface area contributed by atoms with Gasteiger partial charge in [0.15, 0.2) is 11.6 Å². The summed E-state index contributed by atoms with van der Waals surface area (Å²) in [5.74, 6) is -3.06. The molecule has 7 heteroatoms. The zero-order chi connectivity index (χ0) is 19.8. The van der Waals surface area contributed by atoms with Crippen molar-refractivity contribution in [1.82, 2.24) is 10.3 Å². The fraction of sp³-hybridized carbons (Fsp3) is 0.286. The first-order chi connectivity index (χ1) is 13.5. The molecule has 0 aliphatic heterocycles. The number of aryl methyl sites for hydroxylation is 1. The zero-order valence-corrected chi connectivity index (χ0v) is 15.2. The van der Waals surface area contributed by atoms with Crippen LogP contribution >= 0.6 is 0 Å². The number of carbonyl (C=O) groups excluding carboxylic acids is 1. The molecule has 4 rings (SSSR count). The Morgan fingerprint density at radius 3 is 2.75 bits per heavy atom. The maximum absolute atomic E-state index is 13.8. The normalized spacial score (nSPS) is 16.1. The Balaban J connectivity index is 1.57. The largest absolute Gasteiger partial charge is 0.497 e. The Bertz CT molecular complexity index is 1060. The van der Waals surface area contributed by atoms with Crippen LogP contribution < -0.4 is 10.1 Å². The topological polar surface area (TPSA) is 54.1 Å². The van der Waals surface area contributed by atoms with Crippen LogP contribution in [0.15, 0.2) is 30.3 Å². The number of rotatable bonds is 4. The molecule has 0 saturated carbocycles. The molecule has 4 nitrogen and oxygen atoms in total. The average molecular weight is 388 g/mol. The molecule has 1 aromatic heterocycles. The van der Waals surface area contributed by atoms with Crippen LogP contribution in [-0.4, -0.2) is 18.0 Å². The van der Waals surface area contributed by atoms with E-state index in [1.807, 2.05) is 18.2 Å². The second kappa shape index (κ2) is 7.22. The summed E-state index contributed by atoms with van der Waals surface area (Å²) in [4.78, 5) is 15.8. The van der Waals surface area contributed by atoms with Gasteiger partial charge in [0.2, 0.25) is 5.91 Å². The van der Waals surface area contributed by atoms with Crippen LogP contribution in [0, 0.1) is 17.5 Å². The Kier molecular flexibility index (Phi) is 4.75. The lowest BCUT2D eigenvalue weighted by Gasteiger charge is -2.24. The van der Waals surface area contributed by atoms with E-state index in [0.717, 1.165) is 53.2 Å². The first kappa shape index (κ1) is 18.4. The van der Waals surface area contributed by atoms with E-state index in [2.05, 4.69) is 10.3 Å². The average Bonchev–Trinajstić information content (AvgIpc) is 3.05. The van der Waals surface area contributed by atoms with Crippen molar-refractivity contribution in [3.63, 3.8) is 0 Å². The third-order valence-corrected chi connectivity index (χ3v) is 5.19. The van der Waals surface area contributed by atoms with E-state index in [0.29, 0.717) is 6.07 Å². The van der Waals surface area contributed by atoms with Gasteiger partial charge in [-0.1, -0.05) is 0 Å². The molecule has 0 radical (unpaired) electrons. The number of carbonyl (C=O) groups is 1. The molecule has 1 atom stereocenters. The Labute approximate surface area is 159 Å². The molecule has 3 aromatic rings. The van der Waals surface area contributed by atoms with E-state index < -0.39 is 23.4 Å². The third-order valence-electron chi connectivity index (χ3n) is 5.19. The molecule has 0 fully saturated rings. The molecular formula is C21H19F3N2O2. The SMILES string of the molecule is COc1ccc2[nH]c3c(c2c1)CCC[C@@H]3NC(=O)Cc1cc(F)c(F)cc1F. The lowest BCUT2D eigenvalue weighted by atomic mass is 9.91. The fourth-order valence-electron chi connectivity index (χ4n) is 3.83. The summed E-state index contributed by atoms with van der Waals surface area (Å²) < 4.78 is 45.5. The number of aromatic nitrogens is 1. The number of benzene rings is 2. The molecule has 2 aromatic carbocycles. The third kappa shape index (κ3) is 3.32. The van der Waals surface area contributed by atoms with E-state index >= 15 is 0 Å². The monoisotopic (exact) mass is 388 g/mol. The fourth-order valence-corrected chi connectivity index (χ4v) is 3.83. The van der Waals surface area contributed by atoms with Crippen molar-refractivity contribution in [2.75, 3.05) is 7.11 Å². The summed E-state index contributed by atoms with van der Waals surface area (Å²) in [6.07, 6.45) is 2.15. The van der Waals surface area contributed by atoms with Crippen molar-refractivity contribution in [3.05, 3.63) is 64.6 Å². The molecule has 2 N–H and O–H groups in total. The van der Waals surface area contributed by atoms with Gasteiger partial charge in [-0.05, 0) is 49.1 Å². The van der Waals surface area contributed by atoms with Gasteiger partial charge < -0.3 is 15.0 Å². The van der Waals surface area contributed by atoms with Crippen molar-refractivity contribution >= 4 is 16.8 Å². The van der Waals surface area contributed by atoms with Gasteiger partial charge in [-0.25, -0.2) is 13.2 Å². The highest BCUT2D eigenvalue weighted by Gasteiger charge is 2.26. The second-order valence-electron chi connectivity index (χ2n) is 6.98. The predicted molar refractivity (Wildman–Crippen MR) is 98.7 cm³/mol. The summed E-state index contributed by atoms with van der Waals surface area (Å²) in [5, 5.41) is 3.95. The van der Waals surface area contributed by atoms with E-state index in [9.17, 15) is 18.0 Å².